The Morgan fingerprint density at radius 2 is 2.12 bits per heavy atom. The van der Waals surface area contributed by atoms with Crippen LogP contribution in [-0.4, -0.2) is 42.0 Å². The number of nitrogens with two attached hydrogens (primary N) is 1. The van der Waals surface area contributed by atoms with Crippen LogP contribution >= 0.6 is 0 Å². The van der Waals surface area contributed by atoms with Crippen molar-refractivity contribution in [3.05, 3.63) is 0 Å². The van der Waals surface area contributed by atoms with E-state index in [0.717, 1.165) is 13.0 Å². The van der Waals surface area contributed by atoms with E-state index in [-0.39, 0.29) is 18.0 Å². The van der Waals surface area contributed by atoms with Gasteiger partial charge in [0.05, 0.1) is 6.04 Å². The second-order valence-electron chi connectivity index (χ2n) is 5.15. The van der Waals surface area contributed by atoms with E-state index in [1.54, 1.807) is 0 Å². The number of carbonyl (C=O) groups is 1. The highest BCUT2D eigenvalue weighted by Crippen LogP contribution is 2.25. The van der Waals surface area contributed by atoms with Gasteiger partial charge in [0.15, 0.2) is 0 Å². The van der Waals surface area contributed by atoms with E-state index < -0.39 is 0 Å². The number of hydrogen-bond acceptors (Lipinski definition) is 3. The summed E-state index contributed by atoms with van der Waals surface area (Å²) in [5.74, 6) is 0.710. The normalized spacial score (nSPS) is 28.4. The second kappa shape index (κ2) is 5.64. The van der Waals surface area contributed by atoms with Gasteiger partial charge in [-0.2, -0.15) is 0 Å². The van der Waals surface area contributed by atoms with Gasteiger partial charge in [-0.25, -0.2) is 0 Å². The minimum atomic E-state index is -0.0686. The molecular formula is C12H25N3O. The van der Waals surface area contributed by atoms with Crippen LogP contribution < -0.4 is 11.1 Å². The van der Waals surface area contributed by atoms with Gasteiger partial charge in [-0.15, -0.1) is 0 Å². The van der Waals surface area contributed by atoms with Crippen molar-refractivity contribution in [2.24, 2.45) is 11.7 Å². The highest BCUT2D eigenvalue weighted by Gasteiger charge is 2.35. The van der Waals surface area contributed by atoms with Crippen LogP contribution in [0.3, 0.4) is 0 Å². The fourth-order valence-electron chi connectivity index (χ4n) is 2.44. The Kier molecular flexibility index (Phi) is 4.74. The van der Waals surface area contributed by atoms with E-state index in [9.17, 15) is 4.79 Å². The number of hydrogen-bond donors (Lipinski definition) is 2. The summed E-state index contributed by atoms with van der Waals surface area (Å²) in [6, 6.07) is 0.486. The number of rotatable bonds is 4. The topological polar surface area (TPSA) is 58.4 Å². The van der Waals surface area contributed by atoms with Gasteiger partial charge in [0.2, 0.25) is 5.91 Å². The van der Waals surface area contributed by atoms with Crippen LogP contribution in [0.5, 0.6) is 0 Å². The van der Waals surface area contributed by atoms with Crippen molar-refractivity contribution in [1.29, 1.82) is 0 Å². The zero-order chi connectivity index (χ0) is 12.3. The lowest BCUT2D eigenvalue weighted by Gasteiger charge is -2.31. The minimum Gasteiger partial charge on any atom is -0.353 e. The van der Waals surface area contributed by atoms with Gasteiger partial charge in [0, 0.05) is 18.6 Å². The molecule has 4 nitrogen and oxygen atoms in total. The molecule has 1 fully saturated rings. The molecule has 0 saturated carbocycles. The monoisotopic (exact) mass is 227 g/mol. The van der Waals surface area contributed by atoms with Crippen molar-refractivity contribution in [3.8, 4) is 0 Å². The van der Waals surface area contributed by atoms with Gasteiger partial charge < -0.3 is 11.1 Å². The summed E-state index contributed by atoms with van der Waals surface area (Å²) >= 11 is 0. The van der Waals surface area contributed by atoms with E-state index in [1.807, 2.05) is 20.8 Å². The first kappa shape index (κ1) is 13.5. The third-order valence-electron chi connectivity index (χ3n) is 3.47. The summed E-state index contributed by atoms with van der Waals surface area (Å²) in [5, 5.41) is 2.96. The van der Waals surface area contributed by atoms with E-state index in [4.69, 9.17) is 5.73 Å². The van der Waals surface area contributed by atoms with Crippen molar-refractivity contribution in [3.63, 3.8) is 0 Å². The van der Waals surface area contributed by atoms with Gasteiger partial charge >= 0.3 is 0 Å². The highest BCUT2D eigenvalue weighted by molar-refractivity contribution is 5.81. The van der Waals surface area contributed by atoms with Gasteiger partial charge in [-0.3, -0.25) is 9.69 Å². The zero-order valence-electron chi connectivity index (χ0n) is 10.9. The second-order valence-corrected chi connectivity index (χ2v) is 5.15. The minimum absolute atomic E-state index is 0.0686. The van der Waals surface area contributed by atoms with E-state index >= 15 is 0 Å². The summed E-state index contributed by atoms with van der Waals surface area (Å²) in [6.07, 6.45) is 1.14. The Hall–Kier alpha value is -0.610. The molecule has 94 valence electrons. The molecule has 1 rings (SSSR count). The van der Waals surface area contributed by atoms with Crippen molar-refractivity contribution in [1.82, 2.24) is 10.2 Å². The molecule has 1 aliphatic heterocycles. The molecule has 4 heteroatoms. The molecule has 0 spiro atoms. The van der Waals surface area contributed by atoms with Crippen molar-refractivity contribution in [2.45, 2.75) is 52.2 Å². The maximum Gasteiger partial charge on any atom is 0.237 e. The predicted octanol–water partition coefficient (Wildman–Crippen LogP) is 0.569. The zero-order valence-corrected chi connectivity index (χ0v) is 10.9. The molecule has 1 amide bonds. The lowest BCUT2D eigenvalue weighted by Crippen LogP contribution is -2.51. The van der Waals surface area contributed by atoms with Crippen LogP contribution in [0.15, 0.2) is 0 Å². The highest BCUT2D eigenvalue weighted by atomic mass is 16.2. The molecule has 3 N–H and O–H groups in total. The van der Waals surface area contributed by atoms with Gasteiger partial charge in [0.25, 0.3) is 0 Å². The molecule has 3 unspecified atom stereocenters. The summed E-state index contributed by atoms with van der Waals surface area (Å²) in [6.45, 7) is 9.77. The Bertz CT molecular complexity index is 242. The third-order valence-corrected chi connectivity index (χ3v) is 3.47. The van der Waals surface area contributed by atoms with Crippen LogP contribution in [0.25, 0.3) is 0 Å². The number of nitrogens with zero attached hydrogens (tertiary/aromatic N) is 1. The Morgan fingerprint density at radius 3 is 2.62 bits per heavy atom. The summed E-state index contributed by atoms with van der Waals surface area (Å²) in [5.41, 5.74) is 5.78. The fourth-order valence-corrected chi connectivity index (χ4v) is 2.44. The molecule has 0 aromatic heterocycles. The molecular weight excluding hydrogens is 202 g/mol. The quantitative estimate of drug-likeness (QED) is 0.738. The molecule has 0 aromatic carbocycles. The first-order chi connectivity index (χ1) is 7.47. The molecule has 3 atom stereocenters. The van der Waals surface area contributed by atoms with Gasteiger partial charge in [-0.05, 0) is 39.7 Å². The van der Waals surface area contributed by atoms with E-state index in [0.29, 0.717) is 18.5 Å². The summed E-state index contributed by atoms with van der Waals surface area (Å²) in [4.78, 5) is 14.2. The molecule has 16 heavy (non-hydrogen) atoms. The fraction of sp³-hybridized carbons (Fsp3) is 0.917. The van der Waals surface area contributed by atoms with Gasteiger partial charge in [-0.1, -0.05) is 6.92 Å². The first-order valence-corrected chi connectivity index (χ1v) is 6.23. The molecule has 1 aliphatic rings. The molecule has 1 heterocycles. The summed E-state index contributed by atoms with van der Waals surface area (Å²) < 4.78 is 0. The maximum atomic E-state index is 11.9. The van der Waals surface area contributed by atoms with Crippen molar-refractivity contribution < 1.29 is 4.79 Å². The number of amides is 1. The third kappa shape index (κ3) is 2.95. The smallest absolute Gasteiger partial charge is 0.237 e. The Morgan fingerprint density at radius 1 is 1.50 bits per heavy atom. The average molecular weight is 227 g/mol. The van der Waals surface area contributed by atoms with Crippen LogP contribution in [0.4, 0.5) is 0 Å². The largest absolute Gasteiger partial charge is 0.353 e. The predicted molar refractivity (Wildman–Crippen MR) is 66.1 cm³/mol. The average Bonchev–Trinajstić information content (AvgIpc) is 2.57. The van der Waals surface area contributed by atoms with Crippen molar-refractivity contribution in [2.75, 3.05) is 13.1 Å². The molecule has 0 aromatic rings. The van der Waals surface area contributed by atoms with Crippen LogP contribution in [0.1, 0.15) is 34.1 Å². The summed E-state index contributed by atoms with van der Waals surface area (Å²) in [7, 11) is 0. The number of likely N-dealkylation sites (tertiary alicyclic amines) is 1. The van der Waals surface area contributed by atoms with Gasteiger partial charge in [0.1, 0.15) is 0 Å². The molecule has 0 aliphatic carbocycles. The Labute approximate surface area is 98.6 Å². The van der Waals surface area contributed by atoms with Crippen LogP contribution in [-0.2, 0) is 4.79 Å². The number of nitrogens with one attached hydrogen (secondary N) is 1. The Balaban J connectivity index is 2.59. The number of carbonyl (C=O) groups excluding carboxylic acids is 1. The lowest BCUT2D eigenvalue weighted by molar-refractivity contribution is -0.126. The van der Waals surface area contributed by atoms with Crippen LogP contribution in [0, 0.1) is 5.92 Å². The molecule has 0 radical (unpaired) electrons. The molecule has 0 bridgehead atoms. The van der Waals surface area contributed by atoms with Crippen molar-refractivity contribution >= 4 is 5.91 Å². The SMILES string of the molecule is CC(C)NC(=O)C(C)N1CCC(C)C1CN. The lowest BCUT2D eigenvalue weighted by atomic mass is 10.0. The van der Waals surface area contributed by atoms with E-state index in [1.165, 1.54) is 0 Å². The standard InChI is InChI=1S/C12H25N3O/c1-8(2)14-12(16)10(4)15-6-5-9(3)11(15)7-13/h8-11H,5-7,13H2,1-4H3,(H,14,16). The maximum absolute atomic E-state index is 11.9. The van der Waals surface area contributed by atoms with Crippen LogP contribution in [0.2, 0.25) is 0 Å². The van der Waals surface area contributed by atoms with E-state index in [2.05, 4.69) is 17.1 Å². The first-order valence-electron chi connectivity index (χ1n) is 6.23. The molecule has 1 saturated heterocycles.